The van der Waals surface area contributed by atoms with Crippen LogP contribution in [0.1, 0.15) is 6.42 Å². The van der Waals surface area contributed by atoms with Crippen molar-refractivity contribution in [2.45, 2.75) is 12.5 Å². The number of nitrogens with zero attached hydrogens (tertiary/aromatic N) is 2. The van der Waals surface area contributed by atoms with Gasteiger partial charge in [0.25, 0.3) is 0 Å². The normalized spacial score (nSPS) is 12.3. The van der Waals surface area contributed by atoms with E-state index in [-0.39, 0.29) is 6.10 Å². The molecule has 0 aliphatic heterocycles. The Labute approximate surface area is 119 Å². The van der Waals surface area contributed by atoms with E-state index in [9.17, 15) is 0 Å². The van der Waals surface area contributed by atoms with Gasteiger partial charge in [-0.05, 0) is 37.4 Å². The lowest BCUT2D eigenvalue weighted by Gasteiger charge is -2.15. The third-order valence-corrected chi connectivity index (χ3v) is 3.08. The van der Waals surface area contributed by atoms with E-state index in [0.29, 0.717) is 6.61 Å². The Morgan fingerprint density at radius 3 is 2.70 bits per heavy atom. The predicted molar refractivity (Wildman–Crippen MR) is 78.4 cm³/mol. The predicted octanol–water partition coefficient (Wildman–Crippen LogP) is 1.88. The number of nitrogens with one attached hydrogen (secondary N) is 1. The molecule has 1 aromatic heterocycles. The number of hydrogen-bond donors (Lipinski definition) is 1. The highest BCUT2D eigenvalue weighted by Crippen LogP contribution is 2.15. The van der Waals surface area contributed by atoms with Crippen molar-refractivity contribution in [3.05, 3.63) is 42.7 Å². The van der Waals surface area contributed by atoms with Gasteiger partial charge in [0.15, 0.2) is 0 Å². The van der Waals surface area contributed by atoms with Crippen LogP contribution in [0, 0.1) is 0 Å². The molecule has 108 valence electrons. The molecule has 5 heteroatoms. The SMILES string of the molecule is CNC[C@@H](CCOc1ccc(-n2cccn2)cc1)OC. The first-order valence-corrected chi connectivity index (χ1v) is 6.73. The van der Waals surface area contributed by atoms with Gasteiger partial charge in [-0.1, -0.05) is 0 Å². The van der Waals surface area contributed by atoms with Crippen LogP contribution in [-0.4, -0.2) is 43.2 Å². The third-order valence-electron chi connectivity index (χ3n) is 3.08. The van der Waals surface area contributed by atoms with Crippen molar-refractivity contribution >= 4 is 0 Å². The summed E-state index contributed by atoms with van der Waals surface area (Å²) in [5.74, 6) is 0.861. The molecule has 0 aliphatic rings. The number of hydrogen-bond acceptors (Lipinski definition) is 4. The van der Waals surface area contributed by atoms with Crippen molar-refractivity contribution in [2.75, 3.05) is 27.3 Å². The van der Waals surface area contributed by atoms with Crippen molar-refractivity contribution in [3.63, 3.8) is 0 Å². The summed E-state index contributed by atoms with van der Waals surface area (Å²) >= 11 is 0. The van der Waals surface area contributed by atoms with E-state index >= 15 is 0 Å². The van der Waals surface area contributed by atoms with Gasteiger partial charge in [0.1, 0.15) is 5.75 Å². The first-order valence-electron chi connectivity index (χ1n) is 6.73. The molecular formula is C15H21N3O2. The van der Waals surface area contributed by atoms with Crippen molar-refractivity contribution in [1.82, 2.24) is 15.1 Å². The zero-order valence-corrected chi connectivity index (χ0v) is 12.0. The van der Waals surface area contributed by atoms with Crippen LogP contribution in [-0.2, 0) is 4.74 Å². The minimum atomic E-state index is 0.184. The first kappa shape index (κ1) is 14.6. The van der Waals surface area contributed by atoms with Crippen molar-refractivity contribution in [3.8, 4) is 11.4 Å². The first-order chi connectivity index (χ1) is 9.83. The molecule has 0 saturated carbocycles. The van der Waals surface area contributed by atoms with Crippen LogP contribution in [0.15, 0.2) is 42.7 Å². The fourth-order valence-electron chi connectivity index (χ4n) is 1.96. The molecule has 0 bridgehead atoms. The highest BCUT2D eigenvalue weighted by Gasteiger charge is 2.06. The summed E-state index contributed by atoms with van der Waals surface area (Å²) < 4.78 is 12.9. The highest BCUT2D eigenvalue weighted by atomic mass is 16.5. The molecule has 5 nitrogen and oxygen atoms in total. The number of likely N-dealkylation sites (N-methyl/N-ethyl adjacent to an activating group) is 1. The number of benzene rings is 1. The average Bonchev–Trinajstić information content (AvgIpc) is 3.01. The van der Waals surface area contributed by atoms with Crippen LogP contribution in [0.25, 0.3) is 5.69 Å². The van der Waals surface area contributed by atoms with Gasteiger partial charge in [0, 0.05) is 32.5 Å². The molecule has 0 radical (unpaired) electrons. The molecule has 1 heterocycles. The van der Waals surface area contributed by atoms with E-state index in [1.54, 1.807) is 13.3 Å². The minimum Gasteiger partial charge on any atom is -0.493 e. The Kier molecular flexibility index (Phi) is 5.58. The lowest BCUT2D eigenvalue weighted by atomic mass is 10.2. The molecule has 2 aromatic rings. The molecule has 20 heavy (non-hydrogen) atoms. The highest BCUT2D eigenvalue weighted by molar-refractivity contribution is 5.36. The summed E-state index contributed by atoms with van der Waals surface area (Å²) in [6.07, 6.45) is 4.72. The van der Waals surface area contributed by atoms with Gasteiger partial charge in [-0.25, -0.2) is 4.68 Å². The Bertz CT molecular complexity index is 482. The number of methoxy groups -OCH3 is 1. The molecular weight excluding hydrogens is 254 g/mol. The maximum Gasteiger partial charge on any atom is 0.119 e. The van der Waals surface area contributed by atoms with Gasteiger partial charge in [-0.2, -0.15) is 5.10 Å². The molecule has 1 N–H and O–H groups in total. The topological polar surface area (TPSA) is 48.3 Å². The van der Waals surface area contributed by atoms with Crippen LogP contribution in [0.4, 0.5) is 0 Å². The molecule has 0 amide bonds. The van der Waals surface area contributed by atoms with E-state index in [0.717, 1.165) is 24.4 Å². The van der Waals surface area contributed by atoms with Gasteiger partial charge in [0.05, 0.1) is 18.4 Å². The molecule has 0 unspecified atom stereocenters. The number of aromatic nitrogens is 2. The summed E-state index contributed by atoms with van der Waals surface area (Å²) in [6.45, 7) is 1.47. The van der Waals surface area contributed by atoms with Gasteiger partial charge >= 0.3 is 0 Å². The second-order valence-corrected chi connectivity index (χ2v) is 4.50. The molecule has 0 aliphatic carbocycles. The Morgan fingerprint density at radius 1 is 1.30 bits per heavy atom. The molecule has 2 rings (SSSR count). The maximum atomic E-state index is 5.72. The fourth-order valence-corrected chi connectivity index (χ4v) is 1.96. The monoisotopic (exact) mass is 275 g/mol. The molecule has 0 saturated heterocycles. The van der Waals surface area contributed by atoms with Gasteiger partial charge in [0.2, 0.25) is 0 Å². The Morgan fingerprint density at radius 2 is 2.10 bits per heavy atom. The van der Waals surface area contributed by atoms with Gasteiger partial charge in [-0.3, -0.25) is 0 Å². The largest absolute Gasteiger partial charge is 0.493 e. The second-order valence-electron chi connectivity index (χ2n) is 4.50. The lowest BCUT2D eigenvalue weighted by molar-refractivity contribution is 0.0823. The van der Waals surface area contributed by atoms with Crippen molar-refractivity contribution in [2.24, 2.45) is 0 Å². The van der Waals surface area contributed by atoms with Crippen LogP contribution < -0.4 is 10.1 Å². The van der Waals surface area contributed by atoms with E-state index < -0.39 is 0 Å². The summed E-state index contributed by atoms with van der Waals surface area (Å²) in [6, 6.07) is 9.79. The Balaban J connectivity index is 1.82. The van der Waals surface area contributed by atoms with Gasteiger partial charge in [-0.15, -0.1) is 0 Å². The van der Waals surface area contributed by atoms with Gasteiger partial charge < -0.3 is 14.8 Å². The van der Waals surface area contributed by atoms with E-state index in [2.05, 4.69) is 10.4 Å². The molecule has 1 aromatic carbocycles. The van der Waals surface area contributed by atoms with Crippen LogP contribution in [0.2, 0.25) is 0 Å². The number of ether oxygens (including phenoxy) is 2. The van der Waals surface area contributed by atoms with Crippen molar-refractivity contribution in [1.29, 1.82) is 0 Å². The molecule has 1 atom stereocenters. The Hall–Kier alpha value is -1.85. The van der Waals surface area contributed by atoms with Crippen molar-refractivity contribution < 1.29 is 9.47 Å². The second kappa shape index (κ2) is 7.67. The minimum absolute atomic E-state index is 0.184. The van der Waals surface area contributed by atoms with E-state index in [1.165, 1.54) is 0 Å². The molecule has 0 fully saturated rings. The summed E-state index contributed by atoms with van der Waals surface area (Å²) in [5, 5.41) is 7.29. The smallest absolute Gasteiger partial charge is 0.119 e. The lowest BCUT2D eigenvalue weighted by Crippen LogP contribution is -2.27. The average molecular weight is 275 g/mol. The fraction of sp³-hybridized carbons (Fsp3) is 0.400. The molecule has 0 spiro atoms. The zero-order chi connectivity index (χ0) is 14.2. The van der Waals surface area contributed by atoms with E-state index in [1.807, 2.05) is 48.3 Å². The zero-order valence-electron chi connectivity index (χ0n) is 12.0. The standard InChI is InChI=1S/C15H21N3O2/c1-16-12-15(19-2)8-11-20-14-6-4-13(5-7-14)18-10-3-9-17-18/h3-7,9-10,15-16H,8,11-12H2,1-2H3/t15-/m1/s1. The quantitative estimate of drug-likeness (QED) is 0.799. The summed E-state index contributed by atoms with van der Waals surface area (Å²) in [4.78, 5) is 0. The van der Waals surface area contributed by atoms with E-state index in [4.69, 9.17) is 9.47 Å². The van der Waals surface area contributed by atoms with Crippen LogP contribution >= 0.6 is 0 Å². The summed E-state index contributed by atoms with van der Waals surface area (Å²) in [7, 11) is 3.64. The maximum absolute atomic E-state index is 5.72. The third kappa shape index (κ3) is 4.08. The van der Waals surface area contributed by atoms with Crippen LogP contribution in [0.5, 0.6) is 5.75 Å². The number of rotatable bonds is 8. The summed E-state index contributed by atoms with van der Waals surface area (Å²) in [5.41, 5.74) is 1.02. The van der Waals surface area contributed by atoms with Crippen LogP contribution in [0.3, 0.4) is 0 Å².